The summed E-state index contributed by atoms with van der Waals surface area (Å²) in [6.07, 6.45) is 0. The predicted molar refractivity (Wildman–Crippen MR) is 81.2 cm³/mol. The summed E-state index contributed by atoms with van der Waals surface area (Å²) >= 11 is 3.33. The highest BCUT2D eigenvalue weighted by Gasteiger charge is 2.37. The van der Waals surface area contributed by atoms with E-state index in [0.717, 1.165) is 15.6 Å². The van der Waals surface area contributed by atoms with E-state index in [1.54, 1.807) is 18.2 Å². The molecule has 100 valence electrons. The molecule has 0 atom stereocenters. The molecule has 20 heavy (non-hydrogen) atoms. The second-order valence-corrected chi connectivity index (χ2v) is 5.84. The number of halogens is 1. The molecule has 0 N–H and O–H groups in total. The van der Waals surface area contributed by atoms with E-state index in [0.29, 0.717) is 16.8 Å². The van der Waals surface area contributed by atoms with Crippen LogP contribution in [0.3, 0.4) is 0 Å². The first-order chi connectivity index (χ1) is 9.49. The smallest absolute Gasteiger partial charge is 0.266 e. The van der Waals surface area contributed by atoms with Crippen molar-refractivity contribution in [3.8, 4) is 0 Å². The quantitative estimate of drug-likeness (QED) is 0.745. The van der Waals surface area contributed by atoms with Crippen LogP contribution in [0.4, 0.5) is 5.69 Å². The zero-order valence-corrected chi connectivity index (χ0v) is 12.7. The lowest BCUT2D eigenvalue weighted by Gasteiger charge is -2.16. The van der Waals surface area contributed by atoms with Gasteiger partial charge in [-0.1, -0.05) is 33.6 Å². The molecular formula is C16H12BrNO2. The van der Waals surface area contributed by atoms with Gasteiger partial charge in [0, 0.05) is 4.47 Å². The van der Waals surface area contributed by atoms with Crippen LogP contribution in [-0.4, -0.2) is 11.8 Å². The molecule has 0 bridgehead atoms. The zero-order chi connectivity index (χ0) is 14.4. The fourth-order valence-corrected chi connectivity index (χ4v) is 2.85. The van der Waals surface area contributed by atoms with Gasteiger partial charge in [0.15, 0.2) is 0 Å². The third kappa shape index (κ3) is 1.88. The Kier molecular flexibility index (Phi) is 2.98. The summed E-state index contributed by atoms with van der Waals surface area (Å²) in [5.41, 5.74) is 3.57. The first-order valence-electron chi connectivity index (χ1n) is 6.24. The van der Waals surface area contributed by atoms with E-state index in [1.165, 1.54) is 4.90 Å². The van der Waals surface area contributed by atoms with E-state index in [-0.39, 0.29) is 11.8 Å². The lowest BCUT2D eigenvalue weighted by atomic mass is 10.1. The molecule has 1 heterocycles. The monoisotopic (exact) mass is 329 g/mol. The number of hydrogen-bond acceptors (Lipinski definition) is 2. The number of benzene rings is 2. The van der Waals surface area contributed by atoms with Crippen LogP contribution < -0.4 is 4.90 Å². The number of nitrogens with zero attached hydrogens (tertiary/aromatic N) is 1. The molecule has 2 aromatic carbocycles. The Morgan fingerprint density at radius 3 is 2.30 bits per heavy atom. The Labute approximate surface area is 125 Å². The van der Waals surface area contributed by atoms with Gasteiger partial charge in [0.25, 0.3) is 11.8 Å². The minimum absolute atomic E-state index is 0.260. The maximum Gasteiger partial charge on any atom is 0.266 e. The van der Waals surface area contributed by atoms with Crippen molar-refractivity contribution < 1.29 is 9.59 Å². The Morgan fingerprint density at radius 1 is 0.900 bits per heavy atom. The van der Waals surface area contributed by atoms with Crippen LogP contribution in [0.5, 0.6) is 0 Å². The molecule has 0 radical (unpaired) electrons. The fourth-order valence-electron chi connectivity index (χ4n) is 2.49. The van der Waals surface area contributed by atoms with Crippen LogP contribution in [0.1, 0.15) is 31.8 Å². The van der Waals surface area contributed by atoms with Crippen LogP contribution >= 0.6 is 15.9 Å². The van der Waals surface area contributed by atoms with Crippen molar-refractivity contribution in [1.82, 2.24) is 0 Å². The summed E-state index contributed by atoms with van der Waals surface area (Å²) in [4.78, 5) is 26.2. The number of fused-ring (bicyclic) bond motifs is 1. The van der Waals surface area contributed by atoms with Gasteiger partial charge in [-0.2, -0.15) is 0 Å². The van der Waals surface area contributed by atoms with E-state index in [9.17, 15) is 9.59 Å². The zero-order valence-electron chi connectivity index (χ0n) is 11.1. The molecule has 0 fully saturated rings. The minimum Gasteiger partial charge on any atom is -0.268 e. The second-order valence-electron chi connectivity index (χ2n) is 4.93. The third-order valence-corrected chi connectivity index (χ3v) is 3.94. The van der Waals surface area contributed by atoms with Crippen LogP contribution in [0.15, 0.2) is 40.9 Å². The van der Waals surface area contributed by atoms with Crippen LogP contribution in [0, 0.1) is 13.8 Å². The van der Waals surface area contributed by atoms with E-state index in [1.807, 2.05) is 32.0 Å². The molecule has 0 unspecified atom stereocenters. The Hall–Kier alpha value is -1.94. The number of imide groups is 1. The highest BCUT2D eigenvalue weighted by Crippen LogP contribution is 2.32. The average molecular weight is 330 g/mol. The van der Waals surface area contributed by atoms with Crippen molar-refractivity contribution >= 4 is 33.4 Å². The van der Waals surface area contributed by atoms with Gasteiger partial charge >= 0.3 is 0 Å². The van der Waals surface area contributed by atoms with Crippen LogP contribution in [0.2, 0.25) is 0 Å². The molecular weight excluding hydrogens is 318 g/mol. The Bertz CT molecular complexity index is 752. The molecule has 0 spiro atoms. The lowest BCUT2D eigenvalue weighted by Crippen LogP contribution is -2.30. The van der Waals surface area contributed by atoms with Gasteiger partial charge in [-0.15, -0.1) is 0 Å². The topological polar surface area (TPSA) is 37.4 Å². The van der Waals surface area contributed by atoms with Crippen molar-refractivity contribution in [3.63, 3.8) is 0 Å². The van der Waals surface area contributed by atoms with Crippen molar-refractivity contribution in [2.24, 2.45) is 0 Å². The second kappa shape index (κ2) is 4.56. The van der Waals surface area contributed by atoms with Crippen LogP contribution in [0.25, 0.3) is 0 Å². The highest BCUT2D eigenvalue weighted by molar-refractivity contribution is 9.10. The number of aryl methyl sites for hydroxylation is 2. The number of carbonyl (C=O) groups excluding carboxylic acids is 2. The van der Waals surface area contributed by atoms with E-state index in [4.69, 9.17) is 0 Å². The van der Waals surface area contributed by atoms with Crippen molar-refractivity contribution in [2.75, 3.05) is 4.90 Å². The van der Waals surface area contributed by atoms with Gasteiger partial charge in [-0.25, -0.2) is 4.90 Å². The standard InChI is InChI=1S/C16H12BrNO2/c1-9-3-6-14(10(2)7-9)18-15(19)12-5-4-11(17)8-13(12)16(18)20/h3-8H,1-2H3. The van der Waals surface area contributed by atoms with Crippen molar-refractivity contribution in [3.05, 3.63) is 63.1 Å². The van der Waals surface area contributed by atoms with E-state index >= 15 is 0 Å². The van der Waals surface area contributed by atoms with Gasteiger partial charge in [0.05, 0.1) is 16.8 Å². The van der Waals surface area contributed by atoms with Crippen molar-refractivity contribution in [1.29, 1.82) is 0 Å². The molecule has 0 saturated heterocycles. The molecule has 1 aliphatic heterocycles. The normalized spacial score (nSPS) is 13.8. The maximum absolute atomic E-state index is 12.5. The van der Waals surface area contributed by atoms with Gasteiger partial charge in [-0.3, -0.25) is 9.59 Å². The summed E-state index contributed by atoms with van der Waals surface area (Å²) in [6.45, 7) is 3.89. The number of amides is 2. The third-order valence-electron chi connectivity index (χ3n) is 3.44. The van der Waals surface area contributed by atoms with Gasteiger partial charge in [0.1, 0.15) is 0 Å². The molecule has 4 heteroatoms. The van der Waals surface area contributed by atoms with E-state index < -0.39 is 0 Å². The number of anilines is 1. The number of hydrogen-bond donors (Lipinski definition) is 0. The van der Waals surface area contributed by atoms with Gasteiger partial charge in [-0.05, 0) is 43.7 Å². The van der Waals surface area contributed by atoms with Crippen LogP contribution in [-0.2, 0) is 0 Å². The lowest BCUT2D eigenvalue weighted by molar-refractivity contribution is 0.0926. The highest BCUT2D eigenvalue weighted by atomic mass is 79.9. The summed E-state index contributed by atoms with van der Waals surface area (Å²) < 4.78 is 0.792. The molecule has 1 aliphatic rings. The largest absolute Gasteiger partial charge is 0.268 e. The van der Waals surface area contributed by atoms with Crippen molar-refractivity contribution in [2.45, 2.75) is 13.8 Å². The predicted octanol–water partition coefficient (Wildman–Crippen LogP) is 3.87. The summed E-state index contributed by atoms with van der Waals surface area (Å²) in [7, 11) is 0. The first-order valence-corrected chi connectivity index (χ1v) is 7.04. The minimum atomic E-state index is -0.266. The molecule has 0 saturated carbocycles. The number of carbonyl (C=O) groups is 2. The Morgan fingerprint density at radius 2 is 1.60 bits per heavy atom. The van der Waals surface area contributed by atoms with Gasteiger partial charge in [0.2, 0.25) is 0 Å². The SMILES string of the molecule is Cc1ccc(N2C(=O)c3ccc(Br)cc3C2=O)c(C)c1. The molecule has 0 aliphatic carbocycles. The summed E-state index contributed by atoms with van der Waals surface area (Å²) in [5, 5.41) is 0. The van der Waals surface area contributed by atoms with E-state index in [2.05, 4.69) is 15.9 Å². The molecule has 3 nitrogen and oxygen atoms in total. The molecule has 2 aromatic rings. The fraction of sp³-hybridized carbons (Fsp3) is 0.125. The summed E-state index contributed by atoms with van der Waals surface area (Å²) in [5.74, 6) is -0.525. The molecule has 2 amide bonds. The van der Waals surface area contributed by atoms with Gasteiger partial charge < -0.3 is 0 Å². The molecule has 3 rings (SSSR count). The first kappa shape index (κ1) is 13.1. The summed E-state index contributed by atoms with van der Waals surface area (Å²) in [6, 6.07) is 10.8. The average Bonchev–Trinajstić information content (AvgIpc) is 2.63. The molecule has 0 aromatic heterocycles. The number of rotatable bonds is 1. The maximum atomic E-state index is 12.5. The Balaban J connectivity index is 2.14.